The van der Waals surface area contributed by atoms with Gasteiger partial charge in [0.05, 0.1) is 10.8 Å². The smallest absolute Gasteiger partial charge is 0.309 e. The van der Waals surface area contributed by atoms with E-state index in [-0.39, 0.29) is 16.2 Å². The zero-order valence-corrected chi connectivity index (χ0v) is 18.3. The number of aliphatic carboxylic acids is 1. The van der Waals surface area contributed by atoms with Gasteiger partial charge in [-0.1, -0.05) is 0 Å². The Morgan fingerprint density at radius 2 is 1.10 bits per heavy atom. The molecule has 9 aliphatic rings. The third kappa shape index (κ3) is 2.19. The van der Waals surface area contributed by atoms with Crippen LogP contribution in [0.1, 0.15) is 89.9 Å². The van der Waals surface area contributed by atoms with Gasteiger partial charge in [0, 0.05) is 13.1 Å². The van der Waals surface area contributed by atoms with E-state index in [1.807, 2.05) is 0 Å². The van der Waals surface area contributed by atoms with Gasteiger partial charge in [0.2, 0.25) is 5.91 Å². The molecule has 9 rings (SSSR count). The molecule has 1 saturated heterocycles. The molecule has 1 amide bonds. The lowest BCUT2D eigenvalue weighted by atomic mass is 9.31. The van der Waals surface area contributed by atoms with Gasteiger partial charge in [0.15, 0.2) is 0 Å². The van der Waals surface area contributed by atoms with Gasteiger partial charge in [-0.05, 0) is 124 Å². The van der Waals surface area contributed by atoms with Crippen LogP contribution in [-0.2, 0) is 9.59 Å². The molecule has 0 aromatic heterocycles. The predicted molar refractivity (Wildman–Crippen MR) is 113 cm³/mol. The lowest BCUT2D eigenvalue weighted by molar-refractivity contribution is -0.240. The monoisotopic (exact) mass is 411 g/mol. The number of nitrogens with zero attached hydrogens (tertiary/aromatic N) is 1. The maximum atomic E-state index is 13.9. The zero-order valence-electron chi connectivity index (χ0n) is 18.3. The summed E-state index contributed by atoms with van der Waals surface area (Å²) in [5.74, 6) is 2.67. The standard InChI is InChI=1S/C26H37NO3/c28-21(27-3-1-2-4-27)23-7-17-5-18(8-23)12-25(11-17,15-23)26-13-19-6-20(14-26)10-24(9-19,16-26)22(29)30/h17-20H,1-16H2,(H,29,30). The van der Waals surface area contributed by atoms with Crippen molar-refractivity contribution in [1.82, 2.24) is 4.90 Å². The highest BCUT2D eigenvalue weighted by atomic mass is 16.4. The van der Waals surface area contributed by atoms with Gasteiger partial charge in [-0.2, -0.15) is 0 Å². The van der Waals surface area contributed by atoms with Crippen LogP contribution in [0.5, 0.6) is 0 Å². The number of hydrogen-bond acceptors (Lipinski definition) is 2. The van der Waals surface area contributed by atoms with Crippen LogP contribution in [0.25, 0.3) is 0 Å². The maximum Gasteiger partial charge on any atom is 0.309 e. The molecular weight excluding hydrogens is 374 g/mol. The number of carboxylic acids is 1. The Labute approximate surface area is 180 Å². The van der Waals surface area contributed by atoms with E-state index >= 15 is 0 Å². The quantitative estimate of drug-likeness (QED) is 0.721. The molecule has 8 saturated carbocycles. The van der Waals surface area contributed by atoms with Crippen LogP contribution in [-0.4, -0.2) is 35.0 Å². The highest BCUT2D eigenvalue weighted by Gasteiger charge is 2.72. The van der Waals surface area contributed by atoms with Crippen LogP contribution >= 0.6 is 0 Å². The minimum atomic E-state index is -0.506. The van der Waals surface area contributed by atoms with E-state index in [1.54, 1.807) is 0 Å². The molecule has 0 aromatic carbocycles. The lowest BCUT2D eigenvalue weighted by Gasteiger charge is -2.73. The van der Waals surface area contributed by atoms with Crippen molar-refractivity contribution in [3.05, 3.63) is 0 Å². The summed E-state index contributed by atoms with van der Waals surface area (Å²) >= 11 is 0. The molecule has 0 spiro atoms. The number of carbonyl (C=O) groups excluding carboxylic acids is 1. The van der Waals surface area contributed by atoms with Crippen LogP contribution in [0.3, 0.4) is 0 Å². The van der Waals surface area contributed by atoms with Gasteiger partial charge in [0.25, 0.3) is 0 Å². The lowest BCUT2D eigenvalue weighted by Crippen LogP contribution is -2.67. The molecule has 4 unspecified atom stereocenters. The molecule has 1 aliphatic heterocycles. The van der Waals surface area contributed by atoms with Gasteiger partial charge in [-0.25, -0.2) is 0 Å². The first-order valence-electron chi connectivity index (χ1n) is 12.9. The molecule has 4 atom stereocenters. The largest absolute Gasteiger partial charge is 0.481 e. The van der Waals surface area contributed by atoms with Gasteiger partial charge in [0.1, 0.15) is 0 Å². The second-order valence-corrected chi connectivity index (χ2v) is 13.3. The average Bonchev–Trinajstić information content (AvgIpc) is 3.20. The number of likely N-dealkylation sites (tertiary alicyclic amines) is 1. The fraction of sp³-hybridized carbons (Fsp3) is 0.923. The van der Waals surface area contributed by atoms with Crippen molar-refractivity contribution in [2.75, 3.05) is 13.1 Å². The second kappa shape index (κ2) is 5.64. The molecule has 4 nitrogen and oxygen atoms in total. The van der Waals surface area contributed by atoms with Gasteiger partial charge in [-0.3, -0.25) is 9.59 Å². The van der Waals surface area contributed by atoms with E-state index in [0.29, 0.717) is 29.6 Å². The first-order chi connectivity index (χ1) is 14.4. The normalized spacial score (nSPS) is 55.4. The molecule has 30 heavy (non-hydrogen) atoms. The van der Waals surface area contributed by atoms with Crippen LogP contribution in [0.15, 0.2) is 0 Å². The molecule has 9 fully saturated rings. The van der Waals surface area contributed by atoms with Crippen LogP contribution in [0.2, 0.25) is 0 Å². The van der Waals surface area contributed by atoms with E-state index in [0.717, 1.165) is 51.6 Å². The second-order valence-electron chi connectivity index (χ2n) is 13.3. The molecule has 8 aliphatic carbocycles. The van der Waals surface area contributed by atoms with Gasteiger partial charge < -0.3 is 10.0 Å². The Morgan fingerprint density at radius 1 is 0.667 bits per heavy atom. The Morgan fingerprint density at radius 3 is 1.57 bits per heavy atom. The highest BCUT2D eigenvalue weighted by Crippen LogP contribution is 2.78. The molecule has 1 heterocycles. The van der Waals surface area contributed by atoms with E-state index in [4.69, 9.17) is 0 Å². The van der Waals surface area contributed by atoms with Crippen molar-refractivity contribution in [2.24, 2.45) is 45.3 Å². The van der Waals surface area contributed by atoms with Crippen molar-refractivity contribution in [3.8, 4) is 0 Å². The zero-order chi connectivity index (χ0) is 20.4. The van der Waals surface area contributed by atoms with Gasteiger partial charge in [-0.15, -0.1) is 0 Å². The predicted octanol–water partition coefficient (Wildman–Crippen LogP) is 4.87. The summed E-state index contributed by atoms with van der Waals surface area (Å²) in [5, 5.41) is 10.3. The Balaban J connectivity index is 1.30. The Kier molecular flexibility index (Phi) is 3.48. The van der Waals surface area contributed by atoms with E-state index in [2.05, 4.69) is 4.90 Å². The summed E-state index contributed by atoms with van der Waals surface area (Å²) in [4.78, 5) is 28.6. The van der Waals surface area contributed by atoms with Crippen molar-refractivity contribution < 1.29 is 14.7 Å². The number of carbonyl (C=O) groups is 2. The summed E-state index contributed by atoms with van der Waals surface area (Å²) in [7, 11) is 0. The van der Waals surface area contributed by atoms with Crippen LogP contribution in [0, 0.1) is 45.3 Å². The summed E-state index contributed by atoms with van der Waals surface area (Å²) < 4.78 is 0. The number of hydrogen-bond donors (Lipinski definition) is 1. The fourth-order valence-electron chi connectivity index (χ4n) is 11.5. The third-order valence-corrected chi connectivity index (χ3v) is 11.5. The van der Waals surface area contributed by atoms with Crippen LogP contribution < -0.4 is 0 Å². The first-order valence-corrected chi connectivity index (χ1v) is 12.9. The van der Waals surface area contributed by atoms with E-state index < -0.39 is 11.4 Å². The van der Waals surface area contributed by atoms with Crippen molar-refractivity contribution in [3.63, 3.8) is 0 Å². The minimum Gasteiger partial charge on any atom is -0.481 e. The molecule has 4 heteroatoms. The Hall–Kier alpha value is -1.06. The topological polar surface area (TPSA) is 57.6 Å². The molecule has 1 N–H and O–H groups in total. The van der Waals surface area contributed by atoms with Crippen molar-refractivity contribution in [1.29, 1.82) is 0 Å². The third-order valence-electron chi connectivity index (χ3n) is 11.5. The number of carboxylic acid groups (broad SMARTS) is 1. The molecule has 164 valence electrons. The molecular formula is C26H37NO3. The minimum absolute atomic E-state index is 0.103. The van der Waals surface area contributed by atoms with E-state index in [9.17, 15) is 14.7 Å². The maximum absolute atomic E-state index is 13.9. The van der Waals surface area contributed by atoms with Crippen molar-refractivity contribution >= 4 is 11.9 Å². The summed E-state index contributed by atoms with van der Waals surface area (Å²) in [6.07, 6.45) is 16.3. The molecule has 8 bridgehead atoms. The summed E-state index contributed by atoms with van der Waals surface area (Å²) in [5.41, 5.74) is -0.0810. The van der Waals surface area contributed by atoms with E-state index in [1.165, 1.54) is 51.4 Å². The Bertz CT molecular complexity index is 783. The summed E-state index contributed by atoms with van der Waals surface area (Å²) in [6, 6.07) is 0. The highest BCUT2D eigenvalue weighted by molar-refractivity contribution is 5.83. The van der Waals surface area contributed by atoms with Crippen molar-refractivity contribution in [2.45, 2.75) is 89.9 Å². The first kappa shape index (κ1) is 18.5. The van der Waals surface area contributed by atoms with Gasteiger partial charge >= 0.3 is 5.97 Å². The SMILES string of the molecule is O=C(O)C12CC3CC(C1)CC(C14CC5CC(CC(C(=O)N6CCCC6)(C5)C1)C4)(C3)C2. The number of amides is 1. The molecule has 0 radical (unpaired) electrons. The average molecular weight is 412 g/mol. The van der Waals surface area contributed by atoms with Crippen LogP contribution in [0.4, 0.5) is 0 Å². The summed E-state index contributed by atoms with van der Waals surface area (Å²) in [6.45, 7) is 1.95. The number of rotatable bonds is 3. The molecule has 0 aromatic rings. The fourth-order valence-corrected chi connectivity index (χ4v) is 11.5.